The molecule has 0 aliphatic heterocycles. The molecule has 1 aromatic rings. The third kappa shape index (κ3) is 2.52. The molecule has 0 N–H and O–H groups in total. The molecule has 1 rings (SSSR count). The minimum absolute atomic E-state index is 0.0676. The maximum atomic E-state index is 13.3. The van der Waals surface area contributed by atoms with E-state index in [1.807, 2.05) is 0 Å². The average molecular weight is 214 g/mol. The minimum Gasteiger partial charge on any atom is -0.497 e. The Morgan fingerprint density at radius 2 is 1.87 bits per heavy atom. The first-order valence-electron chi connectivity index (χ1n) is 4.66. The maximum Gasteiger partial charge on any atom is 0.168 e. The summed E-state index contributed by atoms with van der Waals surface area (Å²) in [6.45, 7) is 1.78. The summed E-state index contributed by atoms with van der Waals surface area (Å²) in [5.41, 5.74) is -0.474. The SMILES string of the molecule is CCCC(=O)c1c(F)cc(OC)cc1F. The van der Waals surface area contributed by atoms with Crippen molar-refractivity contribution in [1.29, 1.82) is 0 Å². The van der Waals surface area contributed by atoms with Crippen molar-refractivity contribution in [2.45, 2.75) is 19.8 Å². The van der Waals surface area contributed by atoms with E-state index < -0.39 is 23.0 Å². The molecule has 0 aromatic heterocycles. The van der Waals surface area contributed by atoms with Gasteiger partial charge in [0.1, 0.15) is 17.4 Å². The van der Waals surface area contributed by atoms with Gasteiger partial charge in [0.25, 0.3) is 0 Å². The summed E-state index contributed by atoms with van der Waals surface area (Å²) in [6.07, 6.45) is 0.698. The number of rotatable bonds is 4. The molecule has 15 heavy (non-hydrogen) atoms. The highest BCUT2D eigenvalue weighted by molar-refractivity contribution is 5.96. The van der Waals surface area contributed by atoms with E-state index in [0.717, 1.165) is 12.1 Å². The molecule has 0 unspecified atom stereocenters. The number of ether oxygens (including phenoxy) is 1. The van der Waals surface area contributed by atoms with Crippen molar-refractivity contribution in [1.82, 2.24) is 0 Å². The van der Waals surface area contributed by atoms with Crippen molar-refractivity contribution < 1.29 is 18.3 Å². The lowest BCUT2D eigenvalue weighted by molar-refractivity contribution is 0.0973. The average Bonchev–Trinajstić information content (AvgIpc) is 2.16. The van der Waals surface area contributed by atoms with E-state index in [-0.39, 0.29) is 12.2 Å². The predicted molar refractivity (Wildman–Crippen MR) is 52.1 cm³/mol. The largest absolute Gasteiger partial charge is 0.497 e. The number of benzene rings is 1. The van der Waals surface area contributed by atoms with E-state index in [1.54, 1.807) is 6.92 Å². The highest BCUT2D eigenvalue weighted by atomic mass is 19.1. The van der Waals surface area contributed by atoms with Gasteiger partial charge in [-0.05, 0) is 6.42 Å². The van der Waals surface area contributed by atoms with Crippen LogP contribution in [0.4, 0.5) is 8.78 Å². The van der Waals surface area contributed by atoms with Crippen molar-refractivity contribution in [3.05, 3.63) is 29.3 Å². The zero-order valence-electron chi connectivity index (χ0n) is 8.64. The highest BCUT2D eigenvalue weighted by Crippen LogP contribution is 2.21. The summed E-state index contributed by atoms with van der Waals surface area (Å²) in [5, 5.41) is 0. The van der Waals surface area contributed by atoms with Crippen LogP contribution in [0.25, 0.3) is 0 Å². The zero-order valence-corrected chi connectivity index (χ0v) is 8.64. The van der Waals surface area contributed by atoms with Gasteiger partial charge in [0.15, 0.2) is 5.78 Å². The van der Waals surface area contributed by atoms with Gasteiger partial charge in [-0.1, -0.05) is 6.92 Å². The Morgan fingerprint density at radius 1 is 1.33 bits per heavy atom. The molecular weight excluding hydrogens is 202 g/mol. The monoisotopic (exact) mass is 214 g/mol. The van der Waals surface area contributed by atoms with Crippen LogP contribution < -0.4 is 4.74 Å². The Bertz CT molecular complexity index is 352. The Hall–Kier alpha value is -1.45. The molecule has 0 saturated carbocycles. The van der Waals surface area contributed by atoms with E-state index in [4.69, 9.17) is 0 Å². The molecule has 0 atom stereocenters. The Kier molecular flexibility index (Phi) is 3.77. The normalized spacial score (nSPS) is 10.1. The van der Waals surface area contributed by atoms with Crippen molar-refractivity contribution in [3.63, 3.8) is 0 Å². The van der Waals surface area contributed by atoms with Gasteiger partial charge in [-0.3, -0.25) is 4.79 Å². The number of halogens is 2. The van der Waals surface area contributed by atoms with Crippen LogP contribution in [0.2, 0.25) is 0 Å². The fourth-order valence-corrected chi connectivity index (χ4v) is 1.29. The molecule has 2 nitrogen and oxygen atoms in total. The number of carbonyl (C=O) groups excluding carboxylic acids is 1. The number of ketones is 1. The van der Waals surface area contributed by atoms with Crippen LogP contribution in [0.3, 0.4) is 0 Å². The summed E-state index contributed by atoms with van der Waals surface area (Å²) < 4.78 is 31.3. The second-order valence-electron chi connectivity index (χ2n) is 3.14. The molecule has 0 bridgehead atoms. The fraction of sp³-hybridized carbons (Fsp3) is 0.364. The molecule has 0 amide bonds. The first-order chi connectivity index (χ1) is 7.10. The zero-order chi connectivity index (χ0) is 11.4. The smallest absolute Gasteiger partial charge is 0.168 e. The van der Waals surface area contributed by atoms with E-state index in [9.17, 15) is 13.6 Å². The quantitative estimate of drug-likeness (QED) is 0.720. The molecular formula is C11H12F2O2. The van der Waals surface area contributed by atoms with Crippen LogP contribution in [0.15, 0.2) is 12.1 Å². The van der Waals surface area contributed by atoms with Crippen molar-refractivity contribution in [2.24, 2.45) is 0 Å². The van der Waals surface area contributed by atoms with E-state index in [0.29, 0.717) is 6.42 Å². The third-order valence-corrected chi connectivity index (χ3v) is 2.01. The van der Waals surface area contributed by atoms with Gasteiger partial charge >= 0.3 is 0 Å². The predicted octanol–water partition coefficient (Wildman–Crippen LogP) is 2.96. The highest BCUT2D eigenvalue weighted by Gasteiger charge is 2.17. The number of hydrogen-bond donors (Lipinski definition) is 0. The van der Waals surface area contributed by atoms with Crippen LogP contribution in [0.1, 0.15) is 30.1 Å². The second-order valence-corrected chi connectivity index (χ2v) is 3.14. The molecule has 1 aromatic carbocycles. The molecule has 0 spiro atoms. The van der Waals surface area contributed by atoms with Crippen molar-refractivity contribution in [3.8, 4) is 5.75 Å². The van der Waals surface area contributed by atoms with Crippen LogP contribution in [-0.2, 0) is 0 Å². The van der Waals surface area contributed by atoms with Crippen LogP contribution >= 0.6 is 0 Å². The Morgan fingerprint density at radius 3 is 2.27 bits per heavy atom. The summed E-state index contributed by atoms with van der Waals surface area (Å²) >= 11 is 0. The molecule has 0 aliphatic carbocycles. The van der Waals surface area contributed by atoms with Crippen LogP contribution in [-0.4, -0.2) is 12.9 Å². The molecule has 0 saturated heterocycles. The standard InChI is InChI=1S/C11H12F2O2/c1-3-4-10(14)11-8(12)5-7(15-2)6-9(11)13/h5-6H,3-4H2,1-2H3. The van der Waals surface area contributed by atoms with Crippen LogP contribution in [0.5, 0.6) is 5.75 Å². The lowest BCUT2D eigenvalue weighted by atomic mass is 10.1. The van der Waals surface area contributed by atoms with Crippen molar-refractivity contribution >= 4 is 5.78 Å². The van der Waals surface area contributed by atoms with E-state index in [2.05, 4.69) is 4.74 Å². The number of Topliss-reactive ketones (excluding diaryl/α,β-unsaturated/α-hetero) is 1. The van der Waals surface area contributed by atoms with Gasteiger partial charge in [-0.15, -0.1) is 0 Å². The summed E-state index contributed by atoms with van der Waals surface area (Å²) in [4.78, 5) is 11.4. The minimum atomic E-state index is -0.870. The molecule has 0 heterocycles. The first kappa shape index (κ1) is 11.6. The lowest BCUT2D eigenvalue weighted by Crippen LogP contribution is -2.06. The van der Waals surface area contributed by atoms with Crippen LogP contribution in [0, 0.1) is 11.6 Å². The topological polar surface area (TPSA) is 26.3 Å². The lowest BCUT2D eigenvalue weighted by Gasteiger charge is -2.05. The molecule has 0 radical (unpaired) electrons. The molecule has 82 valence electrons. The first-order valence-corrected chi connectivity index (χ1v) is 4.66. The summed E-state index contributed by atoms with van der Waals surface area (Å²) in [6, 6.07) is 2.01. The van der Waals surface area contributed by atoms with E-state index in [1.165, 1.54) is 7.11 Å². The molecule has 0 aliphatic rings. The second kappa shape index (κ2) is 4.87. The van der Waals surface area contributed by atoms with Gasteiger partial charge in [0, 0.05) is 18.6 Å². The van der Waals surface area contributed by atoms with Gasteiger partial charge in [0.2, 0.25) is 0 Å². The summed E-state index contributed by atoms with van der Waals surface area (Å²) in [5.74, 6) is -2.19. The summed E-state index contributed by atoms with van der Waals surface area (Å²) in [7, 11) is 1.31. The number of carbonyl (C=O) groups is 1. The van der Waals surface area contributed by atoms with Gasteiger partial charge in [-0.25, -0.2) is 8.78 Å². The number of hydrogen-bond acceptors (Lipinski definition) is 2. The number of methoxy groups -OCH3 is 1. The van der Waals surface area contributed by atoms with Gasteiger partial charge < -0.3 is 4.74 Å². The maximum absolute atomic E-state index is 13.3. The third-order valence-electron chi connectivity index (χ3n) is 2.01. The Balaban J connectivity index is 3.13. The Labute approximate surface area is 86.9 Å². The van der Waals surface area contributed by atoms with Gasteiger partial charge in [-0.2, -0.15) is 0 Å². The fourth-order valence-electron chi connectivity index (χ4n) is 1.29. The molecule has 0 fully saturated rings. The molecule has 4 heteroatoms. The van der Waals surface area contributed by atoms with Gasteiger partial charge in [0.05, 0.1) is 12.7 Å². The van der Waals surface area contributed by atoms with Crippen molar-refractivity contribution in [2.75, 3.05) is 7.11 Å². The van der Waals surface area contributed by atoms with E-state index >= 15 is 0 Å².